The zero-order chi connectivity index (χ0) is 14.5. The highest BCUT2D eigenvalue weighted by molar-refractivity contribution is 5.86. The molecule has 134 valence electrons. The summed E-state index contributed by atoms with van der Waals surface area (Å²) in [5, 5.41) is 0. The number of halogens is 3. The fourth-order valence-electron chi connectivity index (χ4n) is 2.34. The van der Waals surface area contributed by atoms with Crippen LogP contribution in [0, 0.1) is 5.92 Å². The summed E-state index contributed by atoms with van der Waals surface area (Å²) >= 11 is 0. The molecule has 8 heteroatoms. The molecule has 23 heavy (non-hydrogen) atoms. The smallest absolute Gasteiger partial charge is 0.239 e. The summed E-state index contributed by atoms with van der Waals surface area (Å²) in [5.74, 6) is 0.270. The largest absolute Gasteiger partial charge is 0.339 e. The second-order valence-corrected chi connectivity index (χ2v) is 5.69. The van der Waals surface area contributed by atoms with Crippen molar-refractivity contribution in [2.45, 2.75) is 26.4 Å². The molecule has 2 N–H and O–H groups in total. The van der Waals surface area contributed by atoms with Gasteiger partial charge in [0.15, 0.2) is 0 Å². The Morgan fingerprint density at radius 1 is 1.17 bits per heavy atom. The average molecular weight is 386 g/mol. The van der Waals surface area contributed by atoms with E-state index < -0.39 is 0 Å². The summed E-state index contributed by atoms with van der Waals surface area (Å²) in [7, 11) is 0. The van der Waals surface area contributed by atoms with Gasteiger partial charge in [-0.05, 0) is 18.1 Å². The number of hydrogen-bond acceptors (Lipinski definition) is 4. The Morgan fingerprint density at radius 2 is 1.78 bits per heavy atom. The third-order valence-electron chi connectivity index (χ3n) is 3.80. The first kappa shape index (κ1) is 24.7. The van der Waals surface area contributed by atoms with Crippen LogP contribution in [-0.2, 0) is 11.3 Å². The minimum atomic E-state index is -0.377. The van der Waals surface area contributed by atoms with Crippen LogP contribution in [0.1, 0.15) is 19.5 Å². The molecular formula is C15H27Cl3N4O. The maximum Gasteiger partial charge on any atom is 0.239 e. The normalized spacial score (nSPS) is 15.9. The highest BCUT2D eigenvalue weighted by atomic mass is 35.5. The van der Waals surface area contributed by atoms with E-state index in [1.807, 2.05) is 43.1 Å². The predicted molar refractivity (Wildman–Crippen MR) is 101 cm³/mol. The highest BCUT2D eigenvalue weighted by Gasteiger charge is 2.26. The second-order valence-electron chi connectivity index (χ2n) is 5.69. The maximum absolute atomic E-state index is 12.2. The van der Waals surface area contributed by atoms with Crippen LogP contribution in [0.4, 0.5) is 0 Å². The fraction of sp³-hybridized carbons (Fsp3) is 0.600. The minimum Gasteiger partial charge on any atom is -0.339 e. The van der Waals surface area contributed by atoms with Gasteiger partial charge in [0.25, 0.3) is 0 Å². The molecule has 1 aliphatic heterocycles. The van der Waals surface area contributed by atoms with Gasteiger partial charge in [0, 0.05) is 38.9 Å². The lowest BCUT2D eigenvalue weighted by Gasteiger charge is -2.36. The van der Waals surface area contributed by atoms with Gasteiger partial charge < -0.3 is 10.6 Å². The van der Waals surface area contributed by atoms with Gasteiger partial charge in [-0.25, -0.2) is 0 Å². The van der Waals surface area contributed by atoms with Crippen molar-refractivity contribution in [1.29, 1.82) is 0 Å². The van der Waals surface area contributed by atoms with Gasteiger partial charge in [-0.3, -0.25) is 14.7 Å². The number of piperazine rings is 1. The Morgan fingerprint density at radius 3 is 2.26 bits per heavy atom. The van der Waals surface area contributed by atoms with Crippen molar-refractivity contribution >= 4 is 43.1 Å². The summed E-state index contributed by atoms with van der Waals surface area (Å²) in [6, 6.07) is 5.58. The molecule has 0 aromatic carbocycles. The Kier molecular flexibility index (Phi) is 12.7. The van der Waals surface area contributed by atoms with Crippen LogP contribution in [0.25, 0.3) is 0 Å². The SMILES string of the molecule is CC(C)[C@@H](N)C(=O)N1CCN(Cc2ccccn2)CC1.Cl.Cl.Cl. The zero-order valence-corrected chi connectivity index (χ0v) is 16.0. The monoisotopic (exact) mass is 384 g/mol. The number of rotatable bonds is 4. The molecule has 0 radical (unpaired) electrons. The Labute approximate surface area is 157 Å². The quantitative estimate of drug-likeness (QED) is 0.861. The van der Waals surface area contributed by atoms with Crippen LogP contribution in [0.5, 0.6) is 0 Å². The van der Waals surface area contributed by atoms with Crippen molar-refractivity contribution in [2.24, 2.45) is 11.7 Å². The second kappa shape index (κ2) is 11.9. The predicted octanol–water partition coefficient (Wildman–Crippen LogP) is 1.97. The number of carbonyl (C=O) groups excluding carboxylic acids is 1. The lowest BCUT2D eigenvalue weighted by atomic mass is 10.0. The third kappa shape index (κ3) is 7.23. The lowest BCUT2D eigenvalue weighted by molar-refractivity contribution is -0.135. The van der Waals surface area contributed by atoms with E-state index in [4.69, 9.17) is 5.73 Å². The number of nitrogens with two attached hydrogens (primary N) is 1. The van der Waals surface area contributed by atoms with Crippen molar-refractivity contribution < 1.29 is 4.79 Å². The number of hydrogen-bond donors (Lipinski definition) is 1. The van der Waals surface area contributed by atoms with Gasteiger partial charge in [0.2, 0.25) is 5.91 Å². The number of pyridine rings is 1. The van der Waals surface area contributed by atoms with E-state index in [1.54, 1.807) is 0 Å². The van der Waals surface area contributed by atoms with Gasteiger partial charge >= 0.3 is 0 Å². The van der Waals surface area contributed by atoms with Gasteiger partial charge in [-0.15, -0.1) is 37.2 Å². The van der Waals surface area contributed by atoms with Crippen molar-refractivity contribution in [2.75, 3.05) is 26.2 Å². The molecule has 0 unspecified atom stereocenters. The van der Waals surface area contributed by atoms with Gasteiger partial charge in [-0.2, -0.15) is 0 Å². The van der Waals surface area contributed by atoms with Crippen LogP contribution in [0.15, 0.2) is 24.4 Å². The number of nitrogens with zero attached hydrogens (tertiary/aromatic N) is 3. The highest BCUT2D eigenvalue weighted by Crippen LogP contribution is 2.09. The summed E-state index contributed by atoms with van der Waals surface area (Å²) in [5.41, 5.74) is 7.01. The molecule has 1 fully saturated rings. The van der Waals surface area contributed by atoms with E-state index in [1.165, 1.54) is 0 Å². The third-order valence-corrected chi connectivity index (χ3v) is 3.80. The Balaban J connectivity index is 0. The molecule has 0 aliphatic carbocycles. The van der Waals surface area contributed by atoms with E-state index in [0.717, 1.165) is 38.4 Å². The van der Waals surface area contributed by atoms with Crippen molar-refractivity contribution in [3.05, 3.63) is 30.1 Å². The zero-order valence-electron chi connectivity index (χ0n) is 13.6. The Bertz CT molecular complexity index is 440. The first-order valence-corrected chi connectivity index (χ1v) is 7.24. The Hall–Kier alpha value is -0.590. The molecule has 1 atom stereocenters. The lowest BCUT2D eigenvalue weighted by Crippen LogP contribution is -2.54. The number of aromatic nitrogens is 1. The molecule has 1 aromatic rings. The van der Waals surface area contributed by atoms with Crippen molar-refractivity contribution in [3.8, 4) is 0 Å². The van der Waals surface area contributed by atoms with E-state index in [2.05, 4.69) is 9.88 Å². The van der Waals surface area contributed by atoms with E-state index in [-0.39, 0.29) is 55.1 Å². The topological polar surface area (TPSA) is 62.5 Å². The van der Waals surface area contributed by atoms with Crippen LogP contribution < -0.4 is 5.73 Å². The maximum atomic E-state index is 12.2. The molecule has 1 saturated heterocycles. The molecule has 0 bridgehead atoms. The molecule has 0 spiro atoms. The van der Waals surface area contributed by atoms with Crippen LogP contribution in [0.3, 0.4) is 0 Å². The van der Waals surface area contributed by atoms with E-state index >= 15 is 0 Å². The molecule has 0 saturated carbocycles. The molecule has 1 aliphatic rings. The van der Waals surface area contributed by atoms with E-state index in [0.29, 0.717) is 0 Å². The first-order chi connectivity index (χ1) is 9.58. The average Bonchev–Trinajstić information content (AvgIpc) is 2.47. The van der Waals surface area contributed by atoms with Crippen LogP contribution in [0.2, 0.25) is 0 Å². The fourth-order valence-corrected chi connectivity index (χ4v) is 2.34. The van der Waals surface area contributed by atoms with Crippen molar-refractivity contribution in [1.82, 2.24) is 14.8 Å². The summed E-state index contributed by atoms with van der Waals surface area (Å²) in [4.78, 5) is 20.7. The van der Waals surface area contributed by atoms with Crippen LogP contribution >= 0.6 is 37.2 Å². The summed E-state index contributed by atoms with van der Waals surface area (Å²) in [6.07, 6.45) is 1.82. The van der Waals surface area contributed by atoms with E-state index in [9.17, 15) is 4.79 Å². The standard InChI is InChI=1S/C15H24N4O.3ClH/c1-12(2)14(16)15(20)19-9-7-18(8-10-19)11-13-5-3-4-6-17-13;;;/h3-6,12,14H,7-11,16H2,1-2H3;3*1H/t14-;;;/m1.../s1. The van der Waals surface area contributed by atoms with Gasteiger partial charge in [0.1, 0.15) is 0 Å². The molecular weight excluding hydrogens is 359 g/mol. The van der Waals surface area contributed by atoms with Gasteiger partial charge in [0.05, 0.1) is 11.7 Å². The molecule has 1 amide bonds. The number of amides is 1. The minimum absolute atomic E-state index is 0. The molecule has 5 nitrogen and oxygen atoms in total. The first-order valence-electron chi connectivity index (χ1n) is 7.24. The molecule has 2 heterocycles. The van der Waals surface area contributed by atoms with Crippen LogP contribution in [-0.4, -0.2) is 52.9 Å². The summed E-state index contributed by atoms with van der Waals surface area (Å²) in [6.45, 7) is 8.09. The number of carbonyl (C=O) groups is 1. The molecule has 1 aromatic heterocycles. The van der Waals surface area contributed by atoms with Crippen molar-refractivity contribution in [3.63, 3.8) is 0 Å². The summed E-state index contributed by atoms with van der Waals surface area (Å²) < 4.78 is 0. The molecule has 2 rings (SSSR count). The van der Waals surface area contributed by atoms with Gasteiger partial charge in [-0.1, -0.05) is 19.9 Å².